The number of aryl methyl sites for hydroxylation is 1. The quantitative estimate of drug-likeness (QED) is 0.873. The van der Waals surface area contributed by atoms with Gasteiger partial charge in [-0.05, 0) is 18.6 Å². The number of carboxylic acids is 1. The number of thiophene rings is 1. The minimum Gasteiger partial charge on any atom is -0.477 e. The number of sulfonamides is 1. The van der Waals surface area contributed by atoms with E-state index >= 15 is 0 Å². The van der Waals surface area contributed by atoms with E-state index in [4.69, 9.17) is 5.11 Å². The van der Waals surface area contributed by atoms with Gasteiger partial charge in [0.1, 0.15) is 9.88 Å². The Morgan fingerprint density at radius 2 is 2.12 bits per heavy atom. The Hall–Kier alpha value is -1.22. The number of anilines is 1. The molecule has 5 nitrogen and oxygen atoms in total. The van der Waals surface area contributed by atoms with E-state index in [1.54, 1.807) is 4.72 Å². The van der Waals surface area contributed by atoms with Gasteiger partial charge in [0.15, 0.2) is 0 Å². The Labute approximate surface area is 93.8 Å². The first kappa shape index (κ1) is 12.8. The van der Waals surface area contributed by atoms with E-state index in [9.17, 15) is 22.0 Å². The molecule has 0 fully saturated rings. The van der Waals surface area contributed by atoms with Gasteiger partial charge in [0, 0.05) is 0 Å². The number of rotatable bonds is 4. The molecular formula is C7H7F2NO4S2. The Kier molecular flexibility index (Phi) is 3.48. The van der Waals surface area contributed by atoms with E-state index in [2.05, 4.69) is 0 Å². The molecule has 0 atom stereocenters. The summed E-state index contributed by atoms with van der Waals surface area (Å²) in [5, 5.41) is 8.53. The van der Waals surface area contributed by atoms with Crippen LogP contribution in [0.5, 0.6) is 0 Å². The van der Waals surface area contributed by atoms with E-state index in [-0.39, 0.29) is 9.88 Å². The summed E-state index contributed by atoms with van der Waals surface area (Å²) in [6.07, 6.45) is 0. The molecule has 90 valence electrons. The molecule has 9 heteroatoms. The monoisotopic (exact) mass is 271 g/mol. The van der Waals surface area contributed by atoms with Gasteiger partial charge in [-0.15, -0.1) is 11.3 Å². The van der Waals surface area contributed by atoms with Crippen LogP contribution in [-0.4, -0.2) is 25.3 Å². The topological polar surface area (TPSA) is 83.5 Å². The molecule has 0 amide bonds. The van der Waals surface area contributed by atoms with Gasteiger partial charge in [-0.3, -0.25) is 4.72 Å². The fourth-order valence-corrected chi connectivity index (χ4v) is 2.64. The third kappa shape index (κ3) is 2.67. The van der Waals surface area contributed by atoms with Crippen molar-refractivity contribution < 1.29 is 27.1 Å². The number of aromatic carboxylic acids is 1. The Balaban J connectivity index is 3.01. The van der Waals surface area contributed by atoms with Gasteiger partial charge in [-0.2, -0.15) is 8.78 Å². The van der Waals surface area contributed by atoms with Crippen molar-refractivity contribution in [2.24, 2.45) is 0 Å². The minimum absolute atomic E-state index is 0.0908. The highest BCUT2D eigenvalue weighted by atomic mass is 32.2. The van der Waals surface area contributed by atoms with Gasteiger partial charge in [0.2, 0.25) is 0 Å². The normalized spacial score (nSPS) is 11.8. The number of hydrogen-bond acceptors (Lipinski definition) is 4. The molecule has 1 heterocycles. The van der Waals surface area contributed by atoms with E-state index in [0.29, 0.717) is 16.9 Å². The molecule has 0 spiro atoms. The van der Waals surface area contributed by atoms with Crippen LogP contribution in [0.2, 0.25) is 0 Å². The summed E-state index contributed by atoms with van der Waals surface area (Å²) < 4.78 is 47.2. The van der Waals surface area contributed by atoms with Crippen molar-refractivity contribution in [3.05, 3.63) is 16.5 Å². The lowest BCUT2D eigenvalue weighted by Crippen LogP contribution is -2.19. The lowest BCUT2D eigenvalue weighted by atomic mass is 10.3. The number of nitrogens with one attached hydrogen (secondary N) is 1. The summed E-state index contributed by atoms with van der Waals surface area (Å²) in [7, 11) is -4.75. The van der Waals surface area contributed by atoms with Gasteiger partial charge in [0.25, 0.3) is 10.0 Å². The third-order valence-electron chi connectivity index (χ3n) is 1.59. The highest BCUT2D eigenvalue weighted by Gasteiger charge is 2.25. The molecule has 0 aliphatic rings. The van der Waals surface area contributed by atoms with E-state index in [1.807, 2.05) is 0 Å². The van der Waals surface area contributed by atoms with Crippen molar-refractivity contribution in [1.29, 1.82) is 0 Å². The number of hydrogen-bond donors (Lipinski definition) is 2. The van der Waals surface area contributed by atoms with Crippen LogP contribution in [0.15, 0.2) is 6.07 Å². The van der Waals surface area contributed by atoms with Gasteiger partial charge >= 0.3 is 11.7 Å². The maximum Gasteiger partial charge on any atom is 0.355 e. The maximum absolute atomic E-state index is 12.0. The highest BCUT2D eigenvalue weighted by Crippen LogP contribution is 2.28. The summed E-state index contributed by atoms with van der Waals surface area (Å²) in [4.78, 5) is 10.5. The van der Waals surface area contributed by atoms with E-state index < -0.39 is 21.8 Å². The van der Waals surface area contributed by atoms with Crippen LogP contribution in [0.1, 0.15) is 15.2 Å². The number of carbonyl (C=O) groups is 1. The molecule has 0 aliphatic heterocycles. The molecule has 0 saturated heterocycles. The second-order valence-corrected chi connectivity index (χ2v) is 5.54. The fourth-order valence-electron chi connectivity index (χ4n) is 0.929. The van der Waals surface area contributed by atoms with Gasteiger partial charge in [-0.1, -0.05) is 0 Å². The average Bonchev–Trinajstić information content (AvgIpc) is 2.45. The molecule has 2 N–H and O–H groups in total. The fraction of sp³-hybridized carbons (Fsp3) is 0.286. The summed E-state index contributed by atoms with van der Waals surface area (Å²) in [6.45, 7) is 1.44. The molecule has 0 aliphatic carbocycles. The first-order chi connectivity index (χ1) is 7.24. The van der Waals surface area contributed by atoms with Gasteiger partial charge in [0.05, 0.1) is 0 Å². The minimum atomic E-state index is -4.75. The maximum atomic E-state index is 12.0. The Bertz CT molecular complexity index is 508. The smallest absolute Gasteiger partial charge is 0.355 e. The molecule has 0 saturated carbocycles. The average molecular weight is 271 g/mol. The van der Waals surface area contributed by atoms with Crippen molar-refractivity contribution in [1.82, 2.24) is 0 Å². The lowest BCUT2D eigenvalue weighted by molar-refractivity contribution is 0.0701. The predicted octanol–water partition coefficient (Wildman–Crippen LogP) is 1.72. The van der Waals surface area contributed by atoms with Crippen molar-refractivity contribution in [3.63, 3.8) is 0 Å². The van der Waals surface area contributed by atoms with Crippen molar-refractivity contribution in [3.8, 4) is 0 Å². The predicted molar refractivity (Wildman–Crippen MR) is 54.6 cm³/mol. The van der Waals surface area contributed by atoms with E-state index in [1.165, 1.54) is 13.0 Å². The highest BCUT2D eigenvalue weighted by molar-refractivity contribution is 7.93. The Morgan fingerprint density at radius 3 is 2.50 bits per heavy atom. The molecule has 1 rings (SSSR count). The van der Waals surface area contributed by atoms with Crippen LogP contribution in [-0.2, 0) is 10.0 Å². The molecule has 16 heavy (non-hydrogen) atoms. The molecular weight excluding hydrogens is 264 g/mol. The number of halogens is 2. The number of carboxylic acid groups (broad SMARTS) is 1. The van der Waals surface area contributed by atoms with Gasteiger partial charge < -0.3 is 5.11 Å². The summed E-state index contributed by atoms with van der Waals surface area (Å²) >= 11 is 0.589. The molecule has 0 radical (unpaired) electrons. The molecule has 0 unspecified atom stereocenters. The van der Waals surface area contributed by atoms with Crippen molar-refractivity contribution in [2.45, 2.75) is 12.7 Å². The largest absolute Gasteiger partial charge is 0.477 e. The van der Waals surface area contributed by atoms with Crippen LogP contribution < -0.4 is 4.72 Å². The summed E-state index contributed by atoms with van der Waals surface area (Å²) in [6, 6.07) is 1.19. The third-order valence-corrected chi connectivity index (χ3v) is 3.83. The molecule has 0 bridgehead atoms. The van der Waals surface area contributed by atoms with Crippen molar-refractivity contribution >= 4 is 32.3 Å². The van der Waals surface area contributed by atoms with Crippen LogP contribution >= 0.6 is 11.3 Å². The van der Waals surface area contributed by atoms with Crippen LogP contribution in [0, 0.1) is 6.92 Å². The first-order valence-electron chi connectivity index (χ1n) is 3.87. The van der Waals surface area contributed by atoms with Gasteiger partial charge in [-0.25, -0.2) is 13.2 Å². The second kappa shape index (κ2) is 4.34. The lowest BCUT2D eigenvalue weighted by Gasteiger charge is -2.02. The van der Waals surface area contributed by atoms with Crippen molar-refractivity contribution in [2.75, 3.05) is 4.72 Å². The van der Waals surface area contributed by atoms with Crippen LogP contribution in [0.25, 0.3) is 0 Å². The first-order valence-corrected chi connectivity index (χ1v) is 6.24. The SMILES string of the molecule is Cc1cc(NS(=O)(=O)C(F)F)sc1C(=O)O. The summed E-state index contributed by atoms with van der Waals surface area (Å²) in [5.74, 6) is -4.78. The molecule has 1 aromatic heterocycles. The summed E-state index contributed by atoms with van der Waals surface area (Å²) in [5.41, 5.74) is 0.310. The zero-order chi connectivity index (χ0) is 12.5. The number of alkyl halides is 2. The molecule has 1 aromatic rings. The zero-order valence-electron chi connectivity index (χ0n) is 7.90. The Morgan fingerprint density at radius 1 is 1.56 bits per heavy atom. The molecule has 0 aromatic carbocycles. The second-order valence-electron chi connectivity index (χ2n) is 2.84. The van der Waals surface area contributed by atoms with Crippen LogP contribution in [0.4, 0.5) is 13.8 Å². The zero-order valence-corrected chi connectivity index (χ0v) is 9.53. The standard InChI is InChI=1S/C7H7F2NO4S2/c1-3-2-4(15-5(3)6(11)12)10-16(13,14)7(8)9/h2,7,10H,1H3,(H,11,12). The van der Waals surface area contributed by atoms with Crippen LogP contribution in [0.3, 0.4) is 0 Å². The van der Waals surface area contributed by atoms with E-state index in [0.717, 1.165) is 0 Å².